The minimum atomic E-state index is 0.717. The number of likely N-dealkylation sites (tertiary alicyclic amines) is 1. The van der Waals surface area contributed by atoms with Gasteiger partial charge in [0.1, 0.15) is 0 Å². The highest BCUT2D eigenvalue weighted by Crippen LogP contribution is 2.22. The Morgan fingerprint density at radius 3 is 2.68 bits per heavy atom. The predicted octanol–water partition coefficient (Wildman–Crippen LogP) is 2.46. The summed E-state index contributed by atoms with van der Waals surface area (Å²) in [6.45, 7) is 6.53. The van der Waals surface area contributed by atoms with Gasteiger partial charge in [-0.2, -0.15) is 5.10 Å². The Labute approximate surface area is 117 Å². The molecule has 1 unspecified atom stereocenters. The van der Waals surface area contributed by atoms with Crippen LogP contribution in [0.3, 0.4) is 0 Å². The van der Waals surface area contributed by atoms with Gasteiger partial charge in [-0.1, -0.05) is 20.3 Å². The van der Waals surface area contributed by atoms with Crippen LogP contribution in [0.25, 0.3) is 0 Å². The van der Waals surface area contributed by atoms with Crippen LogP contribution in [0.1, 0.15) is 50.9 Å². The first-order valence-electron chi connectivity index (χ1n) is 7.71. The van der Waals surface area contributed by atoms with Crippen LogP contribution in [0.5, 0.6) is 0 Å². The molecule has 1 aromatic rings. The minimum Gasteiger partial charge on any atom is -0.396 e. The lowest BCUT2D eigenvalue weighted by atomic mass is 10.0. The third-order valence-corrected chi connectivity index (χ3v) is 4.44. The molecule has 1 atom stereocenters. The highest BCUT2D eigenvalue weighted by atomic mass is 15.3. The monoisotopic (exact) mass is 264 g/mol. The Hall–Kier alpha value is -1.03. The van der Waals surface area contributed by atoms with Crippen molar-refractivity contribution in [3.05, 3.63) is 11.4 Å². The zero-order chi connectivity index (χ0) is 13.8. The third-order valence-electron chi connectivity index (χ3n) is 4.44. The standard InChI is InChI=1S/C15H28N4/c1-4-13-15(16)14(5-2)19(17-13)11-9-12-8-6-7-10-18(12)3/h12H,4-11,16H2,1-3H3. The van der Waals surface area contributed by atoms with Crippen molar-refractivity contribution in [2.24, 2.45) is 0 Å². The number of aromatic nitrogens is 2. The average Bonchev–Trinajstić information content (AvgIpc) is 2.73. The lowest BCUT2D eigenvalue weighted by molar-refractivity contribution is 0.169. The third kappa shape index (κ3) is 3.11. The van der Waals surface area contributed by atoms with Gasteiger partial charge < -0.3 is 10.6 Å². The number of rotatable bonds is 5. The van der Waals surface area contributed by atoms with Gasteiger partial charge in [0, 0.05) is 12.6 Å². The van der Waals surface area contributed by atoms with Crippen molar-refractivity contribution in [1.82, 2.24) is 14.7 Å². The molecule has 1 fully saturated rings. The van der Waals surface area contributed by atoms with Crippen LogP contribution in [-0.2, 0) is 19.4 Å². The zero-order valence-electron chi connectivity index (χ0n) is 12.7. The molecule has 0 bridgehead atoms. The quantitative estimate of drug-likeness (QED) is 0.888. The van der Waals surface area contributed by atoms with E-state index in [-0.39, 0.29) is 0 Å². The van der Waals surface area contributed by atoms with Crippen molar-refractivity contribution in [1.29, 1.82) is 0 Å². The predicted molar refractivity (Wildman–Crippen MR) is 80.3 cm³/mol. The van der Waals surface area contributed by atoms with Crippen molar-refractivity contribution >= 4 is 5.69 Å². The second kappa shape index (κ2) is 6.42. The molecule has 1 aliphatic rings. The fraction of sp³-hybridized carbons (Fsp3) is 0.800. The molecule has 0 aromatic carbocycles. The molecule has 2 heterocycles. The van der Waals surface area contributed by atoms with Crippen LogP contribution in [0.15, 0.2) is 0 Å². The molecule has 0 amide bonds. The van der Waals surface area contributed by atoms with E-state index < -0.39 is 0 Å². The summed E-state index contributed by atoms with van der Waals surface area (Å²) in [5.74, 6) is 0. The van der Waals surface area contributed by atoms with Gasteiger partial charge in [0.2, 0.25) is 0 Å². The normalized spacial score (nSPS) is 20.9. The van der Waals surface area contributed by atoms with E-state index >= 15 is 0 Å². The lowest BCUT2D eigenvalue weighted by Crippen LogP contribution is -2.37. The van der Waals surface area contributed by atoms with Crippen molar-refractivity contribution in [2.45, 2.75) is 65.0 Å². The average molecular weight is 264 g/mol. The van der Waals surface area contributed by atoms with E-state index in [0.29, 0.717) is 6.04 Å². The van der Waals surface area contributed by atoms with Crippen LogP contribution in [0.4, 0.5) is 5.69 Å². The molecule has 1 saturated heterocycles. The van der Waals surface area contributed by atoms with E-state index in [9.17, 15) is 0 Å². The molecule has 4 heteroatoms. The maximum atomic E-state index is 6.17. The van der Waals surface area contributed by atoms with E-state index in [1.807, 2.05) is 0 Å². The second-order valence-corrected chi connectivity index (χ2v) is 5.66. The molecule has 0 spiro atoms. The largest absolute Gasteiger partial charge is 0.396 e. The molecule has 2 N–H and O–H groups in total. The molecular weight excluding hydrogens is 236 g/mol. The topological polar surface area (TPSA) is 47.1 Å². The molecule has 2 rings (SSSR count). The lowest BCUT2D eigenvalue weighted by Gasteiger charge is -2.32. The molecular formula is C15H28N4. The van der Waals surface area contributed by atoms with Crippen molar-refractivity contribution in [3.8, 4) is 0 Å². The van der Waals surface area contributed by atoms with Gasteiger partial charge in [-0.05, 0) is 45.7 Å². The maximum absolute atomic E-state index is 6.17. The Bertz CT molecular complexity index is 411. The summed E-state index contributed by atoms with van der Waals surface area (Å²) in [6.07, 6.45) is 7.14. The minimum absolute atomic E-state index is 0.717. The Balaban J connectivity index is 2.02. The summed E-state index contributed by atoms with van der Waals surface area (Å²) in [5.41, 5.74) is 9.37. The number of hydrogen-bond donors (Lipinski definition) is 1. The molecule has 108 valence electrons. The SMILES string of the molecule is CCc1nn(CCC2CCCCN2C)c(CC)c1N. The van der Waals surface area contributed by atoms with Crippen molar-refractivity contribution in [2.75, 3.05) is 19.3 Å². The molecule has 0 saturated carbocycles. The van der Waals surface area contributed by atoms with Crippen LogP contribution in [-0.4, -0.2) is 34.3 Å². The maximum Gasteiger partial charge on any atom is 0.0854 e. The summed E-state index contributed by atoms with van der Waals surface area (Å²) >= 11 is 0. The van der Waals surface area contributed by atoms with Crippen molar-refractivity contribution in [3.63, 3.8) is 0 Å². The first-order valence-corrected chi connectivity index (χ1v) is 7.71. The fourth-order valence-corrected chi connectivity index (χ4v) is 3.16. The Kier molecular flexibility index (Phi) is 4.86. The van der Waals surface area contributed by atoms with Gasteiger partial charge in [0.15, 0.2) is 0 Å². The number of aryl methyl sites for hydroxylation is 2. The summed E-state index contributed by atoms with van der Waals surface area (Å²) < 4.78 is 2.15. The summed E-state index contributed by atoms with van der Waals surface area (Å²) in [7, 11) is 2.25. The zero-order valence-corrected chi connectivity index (χ0v) is 12.7. The first-order chi connectivity index (χ1) is 9.17. The first kappa shape index (κ1) is 14.4. The van der Waals surface area contributed by atoms with Crippen LogP contribution in [0, 0.1) is 0 Å². The number of hydrogen-bond acceptors (Lipinski definition) is 3. The van der Waals surface area contributed by atoms with Crippen LogP contribution in [0.2, 0.25) is 0 Å². The van der Waals surface area contributed by atoms with Crippen LogP contribution < -0.4 is 5.73 Å². The van der Waals surface area contributed by atoms with Gasteiger partial charge in [-0.3, -0.25) is 4.68 Å². The molecule has 4 nitrogen and oxygen atoms in total. The van der Waals surface area contributed by atoms with Crippen molar-refractivity contribution < 1.29 is 0 Å². The fourth-order valence-electron chi connectivity index (χ4n) is 3.16. The van der Waals surface area contributed by atoms with Gasteiger partial charge in [-0.15, -0.1) is 0 Å². The summed E-state index contributed by atoms with van der Waals surface area (Å²) in [5, 5.41) is 4.68. The molecule has 0 aliphatic carbocycles. The highest BCUT2D eigenvalue weighted by Gasteiger charge is 2.20. The summed E-state index contributed by atoms with van der Waals surface area (Å²) in [6, 6.07) is 0.717. The second-order valence-electron chi connectivity index (χ2n) is 5.66. The van der Waals surface area contributed by atoms with E-state index in [4.69, 9.17) is 5.73 Å². The molecule has 1 aliphatic heterocycles. The molecule has 0 radical (unpaired) electrons. The number of piperidine rings is 1. The van der Waals surface area contributed by atoms with Crippen LogP contribution >= 0.6 is 0 Å². The number of nitrogens with zero attached hydrogens (tertiary/aromatic N) is 3. The van der Waals surface area contributed by atoms with E-state index in [1.165, 1.54) is 37.9 Å². The number of nitrogen functional groups attached to an aromatic ring is 1. The Morgan fingerprint density at radius 1 is 1.26 bits per heavy atom. The number of nitrogens with two attached hydrogens (primary N) is 1. The van der Waals surface area contributed by atoms with E-state index in [2.05, 4.69) is 35.6 Å². The number of anilines is 1. The highest BCUT2D eigenvalue weighted by molar-refractivity contribution is 5.48. The van der Waals surface area contributed by atoms with Gasteiger partial charge in [-0.25, -0.2) is 0 Å². The van der Waals surface area contributed by atoms with Gasteiger partial charge >= 0.3 is 0 Å². The smallest absolute Gasteiger partial charge is 0.0854 e. The van der Waals surface area contributed by atoms with E-state index in [1.54, 1.807) is 0 Å². The van der Waals surface area contributed by atoms with E-state index in [0.717, 1.165) is 30.8 Å². The molecule has 1 aromatic heterocycles. The van der Waals surface area contributed by atoms with Gasteiger partial charge in [0.25, 0.3) is 0 Å². The van der Waals surface area contributed by atoms with Gasteiger partial charge in [0.05, 0.1) is 17.1 Å². The summed E-state index contributed by atoms with van der Waals surface area (Å²) in [4.78, 5) is 2.50. The molecule has 19 heavy (non-hydrogen) atoms. The Morgan fingerprint density at radius 2 is 2.05 bits per heavy atom.